The number of nitrogen functional groups attached to an aromatic ring is 1. The fourth-order valence-corrected chi connectivity index (χ4v) is 2.14. The first-order chi connectivity index (χ1) is 11.2. The summed E-state index contributed by atoms with van der Waals surface area (Å²) in [5.74, 6) is 1.92. The molecule has 1 atom stereocenters. The van der Waals surface area contributed by atoms with Crippen molar-refractivity contribution >= 4 is 11.7 Å². The number of nitrogens with one attached hydrogen (secondary N) is 1. The molecule has 1 aliphatic heterocycles. The lowest BCUT2D eigenvalue weighted by atomic mass is 10.1. The van der Waals surface area contributed by atoms with Crippen molar-refractivity contribution in [3.63, 3.8) is 0 Å². The minimum Gasteiger partial charge on any atom is -0.496 e. The molecule has 2 heterocycles. The predicted molar refractivity (Wildman–Crippen MR) is 91.2 cm³/mol. The molecule has 0 bridgehead atoms. The number of ether oxygens (including phenoxy) is 1. The topological polar surface area (TPSA) is 81.8 Å². The molecule has 1 aromatic heterocycles. The normalized spacial score (nSPS) is 16.0. The van der Waals surface area contributed by atoms with Crippen molar-refractivity contribution in [1.29, 1.82) is 0 Å². The van der Waals surface area contributed by atoms with Crippen LogP contribution in [0.2, 0.25) is 0 Å². The Hall–Kier alpha value is -2.60. The van der Waals surface area contributed by atoms with Crippen LogP contribution in [-0.4, -0.2) is 17.9 Å². The van der Waals surface area contributed by atoms with E-state index in [1.165, 1.54) is 0 Å². The van der Waals surface area contributed by atoms with Crippen molar-refractivity contribution in [2.75, 3.05) is 12.8 Å². The number of hydrogen-bond acceptors (Lipinski definition) is 6. The molecule has 0 radical (unpaired) electrons. The molecule has 3 rings (SSSR count). The van der Waals surface area contributed by atoms with Crippen molar-refractivity contribution in [1.82, 2.24) is 10.5 Å². The lowest BCUT2D eigenvalue weighted by Crippen LogP contribution is -2.18. The van der Waals surface area contributed by atoms with Crippen LogP contribution in [0.4, 0.5) is 5.82 Å². The smallest absolute Gasteiger partial charge is 0.202 e. The van der Waals surface area contributed by atoms with Crippen LogP contribution in [0.3, 0.4) is 0 Å². The van der Waals surface area contributed by atoms with E-state index in [9.17, 15) is 0 Å². The van der Waals surface area contributed by atoms with Gasteiger partial charge in [-0.05, 0) is 30.7 Å². The number of methoxy groups -OCH3 is 1. The number of anilines is 1. The largest absolute Gasteiger partial charge is 0.496 e. The van der Waals surface area contributed by atoms with Gasteiger partial charge in [-0.3, -0.25) is 0 Å². The highest BCUT2D eigenvalue weighted by Gasteiger charge is 2.21. The van der Waals surface area contributed by atoms with Gasteiger partial charge in [0.25, 0.3) is 0 Å². The third-order valence-corrected chi connectivity index (χ3v) is 3.29. The molecule has 0 spiro atoms. The van der Waals surface area contributed by atoms with Crippen molar-refractivity contribution in [2.24, 2.45) is 4.99 Å². The van der Waals surface area contributed by atoms with Crippen molar-refractivity contribution in [3.8, 4) is 5.75 Å². The van der Waals surface area contributed by atoms with Crippen LogP contribution in [-0.2, 0) is 4.84 Å². The molecule has 1 aliphatic rings. The molecule has 3 N–H and O–H groups in total. The van der Waals surface area contributed by atoms with E-state index < -0.39 is 6.23 Å². The number of aliphatic imine (C=N–C) groups is 1. The number of aryl methyl sites for hydroxylation is 1. The molecule has 6 heteroatoms. The second-order valence-corrected chi connectivity index (χ2v) is 4.75. The van der Waals surface area contributed by atoms with Gasteiger partial charge in [-0.25, -0.2) is 20.3 Å². The first-order valence-electron chi connectivity index (χ1n) is 7.53. The number of pyridine rings is 1. The molecule has 122 valence electrons. The van der Waals surface area contributed by atoms with E-state index in [4.69, 9.17) is 15.3 Å². The van der Waals surface area contributed by atoms with E-state index in [1.54, 1.807) is 19.4 Å². The average molecular weight is 314 g/mol. The van der Waals surface area contributed by atoms with Crippen molar-refractivity contribution in [3.05, 3.63) is 53.2 Å². The van der Waals surface area contributed by atoms with Crippen LogP contribution in [0.25, 0.3) is 0 Å². The quantitative estimate of drug-likeness (QED) is 0.910. The van der Waals surface area contributed by atoms with Gasteiger partial charge < -0.3 is 10.5 Å². The summed E-state index contributed by atoms with van der Waals surface area (Å²) in [6, 6.07) is 9.44. The maximum Gasteiger partial charge on any atom is 0.202 e. The molecular weight excluding hydrogens is 292 g/mol. The third-order valence-electron chi connectivity index (χ3n) is 3.29. The minimum atomic E-state index is -0.433. The van der Waals surface area contributed by atoms with Crippen LogP contribution < -0.4 is 16.0 Å². The van der Waals surface area contributed by atoms with Gasteiger partial charge in [0.15, 0.2) is 5.84 Å². The zero-order chi connectivity index (χ0) is 16.8. The number of hydrogen-bond donors (Lipinski definition) is 2. The van der Waals surface area contributed by atoms with Crippen LogP contribution in [0.1, 0.15) is 36.8 Å². The number of rotatable bonds is 3. The lowest BCUT2D eigenvalue weighted by Gasteiger charge is -2.07. The van der Waals surface area contributed by atoms with Gasteiger partial charge in [0, 0.05) is 17.3 Å². The molecule has 1 unspecified atom stereocenters. The molecule has 0 saturated carbocycles. The second kappa shape index (κ2) is 7.60. The van der Waals surface area contributed by atoms with Gasteiger partial charge in [0.1, 0.15) is 11.6 Å². The van der Waals surface area contributed by atoms with Crippen LogP contribution in [0.15, 0.2) is 41.5 Å². The lowest BCUT2D eigenvalue weighted by molar-refractivity contribution is 0.0377. The summed E-state index contributed by atoms with van der Waals surface area (Å²) in [5.41, 5.74) is 11.3. The molecule has 0 saturated heterocycles. The molecule has 23 heavy (non-hydrogen) atoms. The monoisotopic (exact) mass is 314 g/mol. The summed E-state index contributed by atoms with van der Waals surface area (Å²) in [4.78, 5) is 14.0. The number of aromatic nitrogens is 1. The Morgan fingerprint density at radius 1 is 1.22 bits per heavy atom. The highest BCUT2D eigenvalue weighted by Crippen LogP contribution is 2.25. The molecular formula is C17H22N4O2. The highest BCUT2D eigenvalue weighted by molar-refractivity contribution is 5.99. The summed E-state index contributed by atoms with van der Waals surface area (Å²) in [5, 5.41) is 0. The summed E-state index contributed by atoms with van der Waals surface area (Å²) in [6.07, 6.45) is 1.20. The molecule has 0 aliphatic carbocycles. The molecule has 1 aromatic carbocycles. The van der Waals surface area contributed by atoms with E-state index in [1.807, 2.05) is 45.0 Å². The SMILES string of the molecule is CC.COc1cc(C2=NC(c3ccnc(N)c3)ON2)ccc1C. The van der Waals surface area contributed by atoms with E-state index in [-0.39, 0.29) is 0 Å². The zero-order valence-corrected chi connectivity index (χ0v) is 13.8. The predicted octanol–water partition coefficient (Wildman–Crippen LogP) is 2.99. The van der Waals surface area contributed by atoms with Gasteiger partial charge in [-0.1, -0.05) is 26.0 Å². The number of nitrogens with zero attached hydrogens (tertiary/aromatic N) is 2. The summed E-state index contributed by atoms with van der Waals surface area (Å²) < 4.78 is 5.32. The molecule has 2 aromatic rings. The number of amidine groups is 1. The minimum absolute atomic E-state index is 0.433. The Morgan fingerprint density at radius 3 is 2.70 bits per heavy atom. The average Bonchev–Trinajstić information content (AvgIpc) is 3.07. The zero-order valence-electron chi connectivity index (χ0n) is 13.8. The molecule has 6 nitrogen and oxygen atoms in total. The fraction of sp³-hybridized carbons (Fsp3) is 0.294. The first-order valence-corrected chi connectivity index (χ1v) is 7.53. The number of benzene rings is 1. The van der Waals surface area contributed by atoms with Crippen LogP contribution in [0.5, 0.6) is 5.75 Å². The van der Waals surface area contributed by atoms with Gasteiger partial charge in [-0.2, -0.15) is 0 Å². The van der Waals surface area contributed by atoms with Crippen molar-refractivity contribution in [2.45, 2.75) is 27.0 Å². The van der Waals surface area contributed by atoms with E-state index >= 15 is 0 Å². The summed E-state index contributed by atoms with van der Waals surface area (Å²) in [7, 11) is 1.65. The Bertz CT molecular complexity index is 701. The van der Waals surface area contributed by atoms with Gasteiger partial charge in [-0.15, -0.1) is 0 Å². The molecule has 0 fully saturated rings. The summed E-state index contributed by atoms with van der Waals surface area (Å²) in [6.45, 7) is 5.99. The Balaban J connectivity index is 0.000000924. The maximum absolute atomic E-state index is 5.67. The Labute approximate surface area is 136 Å². The van der Waals surface area contributed by atoms with E-state index in [2.05, 4.69) is 15.5 Å². The van der Waals surface area contributed by atoms with Gasteiger partial charge in [0.05, 0.1) is 7.11 Å². The fourth-order valence-electron chi connectivity index (χ4n) is 2.14. The summed E-state index contributed by atoms with van der Waals surface area (Å²) >= 11 is 0. The first kappa shape index (κ1) is 16.8. The van der Waals surface area contributed by atoms with E-state index in [0.29, 0.717) is 11.7 Å². The maximum atomic E-state index is 5.67. The van der Waals surface area contributed by atoms with Crippen molar-refractivity contribution < 1.29 is 9.57 Å². The van der Waals surface area contributed by atoms with Gasteiger partial charge >= 0.3 is 0 Å². The second-order valence-electron chi connectivity index (χ2n) is 4.75. The standard InChI is InChI=1S/C15H16N4O2.C2H6/c1-9-3-4-10(7-12(9)20-2)14-18-15(21-19-14)11-5-6-17-13(16)8-11;1-2/h3-8,15H,1-2H3,(H2,16,17)(H,18,19);1-2H3. The molecule has 0 amide bonds. The van der Waals surface area contributed by atoms with Crippen LogP contribution >= 0.6 is 0 Å². The number of nitrogens with two attached hydrogens (primary N) is 1. The van der Waals surface area contributed by atoms with Crippen LogP contribution in [0, 0.1) is 6.92 Å². The Morgan fingerprint density at radius 2 is 2.00 bits per heavy atom. The Kier molecular flexibility index (Phi) is 5.54. The number of hydroxylamine groups is 1. The van der Waals surface area contributed by atoms with E-state index in [0.717, 1.165) is 22.4 Å². The third kappa shape index (κ3) is 3.78. The van der Waals surface area contributed by atoms with Gasteiger partial charge in [0.2, 0.25) is 6.23 Å². The highest BCUT2D eigenvalue weighted by atomic mass is 16.7.